The standard InChI is InChI=1S/C15H17NO/c1-16-12-17-15(13-8-4-2-5-9-13)14-10-6-3-7-11-14/h2-11,15-16H,12H2,1H3. The monoisotopic (exact) mass is 227 g/mol. The molecule has 2 heteroatoms. The van der Waals surface area contributed by atoms with Gasteiger partial charge in [0.15, 0.2) is 0 Å². The summed E-state index contributed by atoms with van der Waals surface area (Å²) in [5.41, 5.74) is 2.35. The molecule has 0 spiro atoms. The third-order valence-electron chi connectivity index (χ3n) is 2.60. The van der Waals surface area contributed by atoms with Gasteiger partial charge in [0.05, 0.1) is 6.73 Å². The number of ether oxygens (including phenoxy) is 1. The summed E-state index contributed by atoms with van der Waals surface area (Å²) in [6.45, 7) is 0.536. The van der Waals surface area contributed by atoms with Gasteiger partial charge in [0.25, 0.3) is 0 Å². The summed E-state index contributed by atoms with van der Waals surface area (Å²) in [6, 6.07) is 20.5. The Morgan fingerprint density at radius 2 is 1.35 bits per heavy atom. The molecule has 0 aliphatic rings. The van der Waals surface area contributed by atoms with E-state index in [0.29, 0.717) is 6.73 Å². The average molecular weight is 227 g/mol. The van der Waals surface area contributed by atoms with Crippen LogP contribution in [0.3, 0.4) is 0 Å². The van der Waals surface area contributed by atoms with Gasteiger partial charge in [-0.05, 0) is 18.2 Å². The van der Waals surface area contributed by atoms with Crippen LogP contribution < -0.4 is 5.32 Å². The molecule has 0 unspecified atom stereocenters. The van der Waals surface area contributed by atoms with E-state index in [2.05, 4.69) is 29.6 Å². The maximum Gasteiger partial charge on any atom is 0.109 e. The minimum Gasteiger partial charge on any atom is -0.354 e. The molecule has 2 aromatic carbocycles. The molecule has 2 aromatic rings. The predicted octanol–water partition coefficient (Wildman–Crippen LogP) is 2.97. The highest BCUT2D eigenvalue weighted by atomic mass is 16.5. The molecule has 0 radical (unpaired) electrons. The van der Waals surface area contributed by atoms with Crippen LogP contribution in [0.25, 0.3) is 0 Å². The first-order valence-corrected chi connectivity index (χ1v) is 5.78. The van der Waals surface area contributed by atoms with Crippen LogP contribution in [-0.4, -0.2) is 13.8 Å². The van der Waals surface area contributed by atoms with Gasteiger partial charge in [-0.25, -0.2) is 0 Å². The van der Waals surface area contributed by atoms with Gasteiger partial charge in [0.2, 0.25) is 0 Å². The number of benzene rings is 2. The smallest absolute Gasteiger partial charge is 0.109 e. The summed E-state index contributed by atoms with van der Waals surface area (Å²) in [5, 5.41) is 3.02. The van der Waals surface area contributed by atoms with Gasteiger partial charge in [0, 0.05) is 0 Å². The second kappa shape index (κ2) is 6.18. The fraction of sp³-hybridized carbons (Fsp3) is 0.200. The summed E-state index contributed by atoms with van der Waals surface area (Å²) < 4.78 is 5.85. The van der Waals surface area contributed by atoms with E-state index in [1.807, 2.05) is 43.4 Å². The van der Waals surface area contributed by atoms with Crippen LogP contribution in [0.5, 0.6) is 0 Å². The first kappa shape index (κ1) is 11.8. The van der Waals surface area contributed by atoms with Crippen molar-refractivity contribution in [2.45, 2.75) is 6.10 Å². The van der Waals surface area contributed by atoms with Crippen molar-refractivity contribution in [1.82, 2.24) is 5.32 Å². The van der Waals surface area contributed by atoms with E-state index in [9.17, 15) is 0 Å². The SMILES string of the molecule is CNCOC(c1ccccc1)c1ccccc1. The van der Waals surface area contributed by atoms with Crippen molar-refractivity contribution in [1.29, 1.82) is 0 Å². The fourth-order valence-corrected chi connectivity index (χ4v) is 1.81. The molecule has 0 heterocycles. The van der Waals surface area contributed by atoms with Gasteiger partial charge in [-0.15, -0.1) is 0 Å². The van der Waals surface area contributed by atoms with Crippen molar-refractivity contribution in [3.05, 3.63) is 71.8 Å². The number of nitrogens with one attached hydrogen (secondary N) is 1. The zero-order chi connectivity index (χ0) is 11.9. The number of rotatable bonds is 5. The van der Waals surface area contributed by atoms with Gasteiger partial charge in [0.1, 0.15) is 6.10 Å². The largest absolute Gasteiger partial charge is 0.354 e. The van der Waals surface area contributed by atoms with Crippen LogP contribution in [0.15, 0.2) is 60.7 Å². The Balaban J connectivity index is 2.26. The molecule has 1 N–H and O–H groups in total. The lowest BCUT2D eigenvalue weighted by Crippen LogP contribution is -2.16. The Morgan fingerprint density at radius 1 is 0.882 bits per heavy atom. The first-order valence-electron chi connectivity index (χ1n) is 5.78. The molecule has 17 heavy (non-hydrogen) atoms. The summed E-state index contributed by atoms with van der Waals surface area (Å²) in [7, 11) is 1.88. The molecule has 0 aliphatic carbocycles. The lowest BCUT2D eigenvalue weighted by Gasteiger charge is -2.18. The third kappa shape index (κ3) is 3.16. The second-order valence-electron chi connectivity index (χ2n) is 3.87. The zero-order valence-electron chi connectivity index (χ0n) is 9.97. The molecular formula is C15H17NO. The molecule has 0 amide bonds. The highest BCUT2D eigenvalue weighted by Gasteiger charge is 2.13. The summed E-state index contributed by atoms with van der Waals surface area (Å²) in [4.78, 5) is 0. The van der Waals surface area contributed by atoms with Crippen molar-refractivity contribution < 1.29 is 4.74 Å². The van der Waals surface area contributed by atoms with E-state index in [1.54, 1.807) is 0 Å². The van der Waals surface area contributed by atoms with Crippen molar-refractivity contribution in [3.63, 3.8) is 0 Å². The van der Waals surface area contributed by atoms with Crippen molar-refractivity contribution in [3.8, 4) is 0 Å². The Morgan fingerprint density at radius 3 is 1.76 bits per heavy atom. The van der Waals surface area contributed by atoms with Gasteiger partial charge in [-0.1, -0.05) is 60.7 Å². The van der Waals surface area contributed by atoms with Crippen molar-refractivity contribution in [2.24, 2.45) is 0 Å². The molecule has 0 aromatic heterocycles. The molecule has 0 saturated carbocycles. The van der Waals surface area contributed by atoms with Crippen LogP contribution >= 0.6 is 0 Å². The van der Waals surface area contributed by atoms with Crippen molar-refractivity contribution in [2.75, 3.05) is 13.8 Å². The third-order valence-corrected chi connectivity index (χ3v) is 2.60. The first-order chi connectivity index (χ1) is 8.42. The van der Waals surface area contributed by atoms with Crippen LogP contribution in [0, 0.1) is 0 Å². The highest BCUT2D eigenvalue weighted by molar-refractivity contribution is 5.29. The summed E-state index contributed by atoms with van der Waals surface area (Å²) >= 11 is 0. The molecule has 0 bridgehead atoms. The molecule has 0 atom stereocenters. The maximum absolute atomic E-state index is 5.85. The molecule has 0 saturated heterocycles. The Hall–Kier alpha value is -1.64. The van der Waals surface area contributed by atoms with Crippen LogP contribution in [0.1, 0.15) is 17.2 Å². The Kier molecular flexibility index (Phi) is 4.30. The Bertz CT molecular complexity index is 388. The second-order valence-corrected chi connectivity index (χ2v) is 3.87. The van der Waals surface area contributed by atoms with Gasteiger partial charge in [-0.3, -0.25) is 5.32 Å². The van der Waals surface area contributed by atoms with Gasteiger partial charge >= 0.3 is 0 Å². The lowest BCUT2D eigenvalue weighted by atomic mass is 10.0. The topological polar surface area (TPSA) is 21.3 Å². The minimum absolute atomic E-state index is 0.00940. The van der Waals surface area contributed by atoms with Crippen LogP contribution in [0.2, 0.25) is 0 Å². The van der Waals surface area contributed by atoms with Gasteiger partial charge < -0.3 is 4.74 Å². The van der Waals surface area contributed by atoms with E-state index in [4.69, 9.17) is 4.74 Å². The van der Waals surface area contributed by atoms with E-state index < -0.39 is 0 Å². The van der Waals surface area contributed by atoms with Crippen molar-refractivity contribution >= 4 is 0 Å². The highest BCUT2D eigenvalue weighted by Crippen LogP contribution is 2.25. The summed E-state index contributed by atoms with van der Waals surface area (Å²) in [5.74, 6) is 0. The minimum atomic E-state index is -0.00940. The predicted molar refractivity (Wildman–Crippen MR) is 69.7 cm³/mol. The lowest BCUT2D eigenvalue weighted by molar-refractivity contribution is 0.0697. The van der Waals surface area contributed by atoms with E-state index in [-0.39, 0.29) is 6.10 Å². The summed E-state index contributed by atoms with van der Waals surface area (Å²) in [6.07, 6.45) is -0.00940. The fourth-order valence-electron chi connectivity index (χ4n) is 1.81. The van der Waals surface area contributed by atoms with E-state index in [1.165, 1.54) is 11.1 Å². The number of hydrogen-bond donors (Lipinski definition) is 1. The van der Waals surface area contributed by atoms with Gasteiger partial charge in [-0.2, -0.15) is 0 Å². The number of hydrogen-bond acceptors (Lipinski definition) is 2. The molecule has 88 valence electrons. The molecule has 0 aliphatic heterocycles. The normalized spacial score (nSPS) is 10.7. The molecule has 2 rings (SSSR count). The Labute approximate surface area is 102 Å². The zero-order valence-corrected chi connectivity index (χ0v) is 9.97. The van der Waals surface area contributed by atoms with Crippen LogP contribution in [0.4, 0.5) is 0 Å². The molecule has 2 nitrogen and oxygen atoms in total. The average Bonchev–Trinajstić information content (AvgIpc) is 2.42. The quantitative estimate of drug-likeness (QED) is 0.793. The van der Waals surface area contributed by atoms with E-state index in [0.717, 1.165) is 0 Å². The maximum atomic E-state index is 5.85. The molecular weight excluding hydrogens is 210 g/mol. The van der Waals surface area contributed by atoms with E-state index >= 15 is 0 Å². The van der Waals surface area contributed by atoms with Crippen LogP contribution in [-0.2, 0) is 4.74 Å². The molecule has 0 fully saturated rings.